The van der Waals surface area contributed by atoms with Crippen LogP contribution in [0.25, 0.3) is 0 Å². The summed E-state index contributed by atoms with van der Waals surface area (Å²) in [5, 5.41) is 0. The Bertz CT molecular complexity index is 517. The first-order chi connectivity index (χ1) is 10.9. The lowest BCUT2D eigenvalue weighted by Gasteiger charge is -2.44. The zero-order valence-corrected chi connectivity index (χ0v) is 14.9. The molecule has 0 aliphatic heterocycles. The van der Waals surface area contributed by atoms with Crippen molar-refractivity contribution in [1.29, 1.82) is 0 Å². The molecule has 0 spiro atoms. The predicted molar refractivity (Wildman–Crippen MR) is 91.9 cm³/mol. The Morgan fingerprint density at radius 1 is 1.48 bits per heavy atom. The molecule has 2 rings (SSSR count). The topological polar surface area (TPSA) is 43.4 Å². The second-order valence-corrected chi connectivity index (χ2v) is 7.32. The molecule has 1 saturated carbocycles. The van der Waals surface area contributed by atoms with Gasteiger partial charge in [-0.1, -0.05) is 38.5 Å². The number of hydrogen-bond acceptors (Lipinski definition) is 3. The van der Waals surface area contributed by atoms with Crippen LogP contribution in [-0.4, -0.2) is 17.9 Å². The van der Waals surface area contributed by atoms with Gasteiger partial charge in [-0.05, 0) is 49.5 Å². The molecule has 2 aliphatic carbocycles. The highest BCUT2D eigenvalue weighted by Gasteiger charge is 2.49. The van der Waals surface area contributed by atoms with Crippen molar-refractivity contribution < 1.29 is 14.3 Å². The fourth-order valence-corrected chi connectivity index (χ4v) is 4.49. The molecule has 0 saturated heterocycles. The summed E-state index contributed by atoms with van der Waals surface area (Å²) in [5.41, 5.74) is 1.63. The van der Waals surface area contributed by atoms with E-state index in [9.17, 15) is 9.59 Å². The van der Waals surface area contributed by atoms with Gasteiger partial charge in [0.1, 0.15) is 6.10 Å². The summed E-state index contributed by atoms with van der Waals surface area (Å²) in [6, 6.07) is 0. The van der Waals surface area contributed by atoms with Gasteiger partial charge in [-0.3, -0.25) is 9.59 Å². The highest BCUT2D eigenvalue weighted by Crippen LogP contribution is 2.55. The molecule has 0 bridgehead atoms. The van der Waals surface area contributed by atoms with E-state index in [0.717, 1.165) is 25.7 Å². The van der Waals surface area contributed by atoms with Crippen molar-refractivity contribution in [1.82, 2.24) is 0 Å². The number of carbonyl (C=O) groups is 2. The van der Waals surface area contributed by atoms with E-state index in [1.54, 1.807) is 6.08 Å². The number of carbonyl (C=O) groups excluding carboxylic acids is 2. The second-order valence-electron chi connectivity index (χ2n) is 7.32. The largest absolute Gasteiger partial charge is 0.462 e. The summed E-state index contributed by atoms with van der Waals surface area (Å²) in [6.07, 6.45) is 11.9. The number of hydrogen-bond donors (Lipinski definition) is 0. The summed E-state index contributed by atoms with van der Waals surface area (Å²) in [5.74, 6) is 0.872. The average molecular weight is 318 g/mol. The maximum Gasteiger partial charge on any atom is 0.302 e. The Morgan fingerprint density at radius 3 is 2.87 bits per heavy atom. The zero-order chi connectivity index (χ0) is 17.0. The maximum absolute atomic E-state index is 11.4. The molecule has 0 amide bonds. The molecule has 3 heteroatoms. The molecule has 2 aliphatic rings. The normalized spacial score (nSPS) is 31.6. The molecule has 0 aromatic heterocycles. The first-order valence-electron chi connectivity index (χ1n) is 8.95. The number of esters is 1. The van der Waals surface area contributed by atoms with Gasteiger partial charge in [0.2, 0.25) is 0 Å². The summed E-state index contributed by atoms with van der Waals surface area (Å²) >= 11 is 0. The lowest BCUT2D eigenvalue weighted by molar-refractivity contribution is -0.153. The van der Waals surface area contributed by atoms with Crippen molar-refractivity contribution in [3.8, 4) is 0 Å². The van der Waals surface area contributed by atoms with Crippen molar-refractivity contribution in [2.75, 3.05) is 0 Å². The first-order valence-corrected chi connectivity index (χ1v) is 8.95. The van der Waals surface area contributed by atoms with Gasteiger partial charge in [-0.25, -0.2) is 0 Å². The predicted octanol–water partition coefficient (Wildman–Crippen LogP) is 4.62. The Labute approximate surface area is 140 Å². The van der Waals surface area contributed by atoms with Crippen LogP contribution in [0.3, 0.4) is 0 Å². The van der Waals surface area contributed by atoms with Gasteiger partial charge in [0.05, 0.1) is 0 Å². The smallest absolute Gasteiger partial charge is 0.302 e. The lowest BCUT2D eigenvalue weighted by atomic mass is 9.63. The van der Waals surface area contributed by atoms with Gasteiger partial charge in [0.15, 0.2) is 5.78 Å². The second kappa shape index (κ2) is 7.46. The van der Waals surface area contributed by atoms with E-state index < -0.39 is 0 Å². The molecule has 1 fully saturated rings. The Morgan fingerprint density at radius 2 is 2.22 bits per heavy atom. The van der Waals surface area contributed by atoms with Gasteiger partial charge >= 0.3 is 5.97 Å². The number of ether oxygens (including phenoxy) is 1. The molecule has 4 atom stereocenters. The van der Waals surface area contributed by atoms with Crippen molar-refractivity contribution in [3.05, 3.63) is 23.8 Å². The quantitative estimate of drug-likeness (QED) is 0.408. The number of allylic oxidation sites excluding steroid dienone is 4. The van der Waals surface area contributed by atoms with E-state index in [-0.39, 0.29) is 23.3 Å². The van der Waals surface area contributed by atoms with Crippen molar-refractivity contribution >= 4 is 11.8 Å². The highest BCUT2D eigenvalue weighted by atomic mass is 16.5. The molecule has 0 radical (unpaired) electrons. The molecular weight excluding hydrogens is 288 g/mol. The van der Waals surface area contributed by atoms with Gasteiger partial charge in [-0.2, -0.15) is 0 Å². The SMILES string of the molecule is CCC(=O)/C=C/CC(C)C1=CCC2C(OC(C)=O)CCCC12C. The summed E-state index contributed by atoms with van der Waals surface area (Å²) in [7, 11) is 0. The molecule has 3 nitrogen and oxygen atoms in total. The number of fused-ring (bicyclic) bond motifs is 1. The van der Waals surface area contributed by atoms with Gasteiger partial charge in [-0.15, -0.1) is 0 Å². The van der Waals surface area contributed by atoms with E-state index in [4.69, 9.17) is 4.74 Å². The van der Waals surface area contributed by atoms with Crippen molar-refractivity contribution in [2.24, 2.45) is 17.3 Å². The highest BCUT2D eigenvalue weighted by molar-refractivity contribution is 5.89. The van der Waals surface area contributed by atoms with Gasteiger partial charge < -0.3 is 4.74 Å². The Hall–Kier alpha value is -1.38. The molecule has 0 aromatic rings. The van der Waals surface area contributed by atoms with Gasteiger partial charge in [0, 0.05) is 19.3 Å². The van der Waals surface area contributed by atoms with Crippen LogP contribution in [0.5, 0.6) is 0 Å². The van der Waals surface area contributed by atoms with Gasteiger partial charge in [0.25, 0.3) is 0 Å². The summed E-state index contributed by atoms with van der Waals surface area (Å²) in [6.45, 7) is 7.98. The fourth-order valence-electron chi connectivity index (χ4n) is 4.49. The minimum absolute atomic E-state index is 0.0596. The first kappa shape index (κ1) is 18.0. The maximum atomic E-state index is 11.4. The lowest BCUT2D eigenvalue weighted by Crippen LogP contribution is -2.41. The average Bonchev–Trinajstić information content (AvgIpc) is 2.84. The molecule has 0 heterocycles. The summed E-state index contributed by atoms with van der Waals surface area (Å²) < 4.78 is 5.59. The van der Waals surface area contributed by atoms with Crippen LogP contribution in [0.15, 0.2) is 23.8 Å². The van der Waals surface area contributed by atoms with E-state index in [0.29, 0.717) is 18.3 Å². The van der Waals surface area contributed by atoms with E-state index >= 15 is 0 Å². The van der Waals surface area contributed by atoms with E-state index in [2.05, 4.69) is 19.9 Å². The minimum Gasteiger partial charge on any atom is -0.462 e. The minimum atomic E-state index is -0.165. The molecule has 128 valence electrons. The fraction of sp³-hybridized carbons (Fsp3) is 0.700. The van der Waals surface area contributed by atoms with Crippen molar-refractivity contribution in [2.45, 2.75) is 72.3 Å². The third-order valence-electron chi connectivity index (χ3n) is 5.69. The number of rotatable bonds is 6. The zero-order valence-electron chi connectivity index (χ0n) is 14.9. The van der Waals surface area contributed by atoms with E-state index in [1.807, 2.05) is 13.0 Å². The van der Waals surface area contributed by atoms with Crippen molar-refractivity contribution in [3.63, 3.8) is 0 Å². The molecular formula is C20H30O3. The van der Waals surface area contributed by atoms with Crippen LogP contribution in [-0.2, 0) is 14.3 Å². The van der Waals surface area contributed by atoms with Crippen LogP contribution in [0.1, 0.15) is 66.2 Å². The van der Waals surface area contributed by atoms with Crippen LogP contribution < -0.4 is 0 Å². The summed E-state index contributed by atoms with van der Waals surface area (Å²) in [4.78, 5) is 22.8. The standard InChI is InChI=1S/C20H30O3/c1-5-16(22)9-6-8-14(2)17-11-12-18-19(23-15(3)21)10-7-13-20(17,18)4/h6,9,11,14,18-19H,5,7-8,10,12-13H2,1-4H3/b9-6+. The Kier molecular flexibility index (Phi) is 5.83. The number of ketones is 1. The van der Waals surface area contributed by atoms with Crippen LogP contribution in [0, 0.1) is 17.3 Å². The Balaban J connectivity index is 2.05. The van der Waals surface area contributed by atoms with Crippen LogP contribution in [0.2, 0.25) is 0 Å². The molecule has 4 unspecified atom stereocenters. The molecule has 0 aromatic carbocycles. The molecule has 0 N–H and O–H groups in total. The molecule has 23 heavy (non-hydrogen) atoms. The van der Waals surface area contributed by atoms with Crippen LogP contribution >= 0.6 is 0 Å². The third-order valence-corrected chi connectivity index (χ3v) is 5.69. The van der Waals surface area contributed by atoms with Crippen LogP contribution in [0.4, 0.5) is 0 Å². The third kappa shape index (κ3) is 3.94. The monoisotopic (exact) mass is 318 g/mol. The van der Waals surface area contributed by atoms with E-state index in [1.165, 1.54) is 18.9 Å².